The van der Waals surface area contributed by atoms with Crippen molar-refractivity contribution in [2.45, 2.75) is 57.0 Å². The Bertz CT molecular complexity index is 695. The third kappa shape index (κ3) is 3.57. The Hall–Kier alpha value is -1.60. The number of hydrogen-bond acceptors (Lipinski definition) is 3. The molecule has 1 aliphatic heterocycles. The lowest BCUT2D eigenvalue weighted by Gasteiger charge is -2.42. The lowest BCUT2D eigenvalue weighted by molar-refractivity contribution is 0.0862. The Morgan fingerprint density at radius 3 is 1.92 bits per heavy atom. The molecule has 1 fully saturated rings. The van der Waals surface area contributed by atoms with Crippen molar-refractivity contribution < 1.29 is 18.3 Å². The van der Waals surface area contributed by atoms with E-state index in [1.165, 1.54) is 9.21 Å². The molecule has 0 spiro atoms. The first kappa shape index (κ1) is 18.7. The number of rotatable bonds is 2. The van der Waals surface area contributed by atoms with Gasteiger partial charge in [-0.1, -0.05) is 32.9 Å². The molecular formula is C17H26N2O4S. The highest BCUT2D eigenvalue weighted by molar-refractivity contribution is 7.89. The summed E-state index contributed by atoms with van der Waals surface area (Å²) in [5.41, 5.74) is 1.02. The van der Waals surface area contributed by atoms with Crippen molar-refractivity contribution in [3.8, 4) is 0 Å². The fourth-order valence-corrected chi connectivity index (χ4v) is 4.99. The van der Waals surface area contributed by atoms with Crippen molar-refractivity contribution in [3.63, 3.8) is 0 Å². The maximum Gasteiger partial charge on any atom is 0.407 e. The van der Waals surface area contributed by atoms with Gasteiger partial charge >= 0.3 is 6.09 Å². The number of hydrogen-bond donors (Lipinski definition) is 1. The van der Waals surface area contributed by atoms with E-state index in [0.717, 1.165) is 5.56 Å². The highest BCUT2D eigenvalue weighted by Gasteiger charge is 2.39. The van der Waals surface area contributed by atoms with Crippen LogP contribution in [0.15, 0.2) is 29.2 Å². The lowest BCUT2D eigenvalue weighted by Crippen LogP contribution is -2.59. The number of amides is 1. The van der Waals surface area contributed by atoms with Crippen molar-refractivity contribution in [3.05, 3.63) is 29.8 Å². The summed E-state index contributed by atoms with van der Waals surface area (Å²) in [6.07, 6.45) is -1.01. The second-order valence-electron chi connectivity index (χ2n) is 7.49. The van der Waals surface area contributed by atoms with Crippen LogP contribution in [-0.4, -0.2) is 54.0 Å². The Morgan fingerprint density at radius 1 is 1.08 bits per heavy atom. The number of piperazine rings is 1. The fourth-order valence-electron chi connectivity index (χ4n) is 3.19. The van der Waals surface area contributed by atoms with E-state index in [1.807, 2.05) is 12.1 Å². The maximum absolute atomic E-state index is 13.0. The zero-order valence-electron chi connectivity index (χ0n) is 14.9. The molecule has 0 saturated carbocycles. The minimum absolute atomic E-state index is 0.0456. The third-order valence-corrected chi connectivity index (χ3v) is 6.55. The molecule has 0 radical (unpaired) electrons. The Balaban J connectivity index is 2.31. The molecule has 1 saturated heterocycles. The number of benzene rings is 1. The normalized spacial score (nSPS) is 23.3. The molecule has 1 aromatic rings. The van der Waals surface area contributed by atoms with Crippen molar-refractivity contribution in [1.82, 2.24) is 9.21 Å². The maximum atomic E-state index is 13.0. The van der Waals surface area contributed by atoms with Crippen molar-refractivity contribution in [2.24, 2.45) is 0 Å². The van der Waals surface area contributed by atoms with E-state index < -0.39 is 28.2 Å². The second kappa shape index (κ2) is 6.37. The van der Waals surface area contributed by atoms with Gasteiger partial charge in [-0.15, -0.1) is 0 Å². The summed E-state index contributed by atoms with van der Waals surface area (Å²) >= 11 is 0. The Labute approximate surface area is 144 Å². The van der Waals surface area contributed by atoms with E-state index in [2.05, 4.69) is 20.8 Å². The summed E-state index contributed by atoms with van der Waals surface area (Å²) in [6, 6.07) is 6.15. The average molecular weight is 354 g/mol. The lowest BCUT2D eigenvalue weighted by atomic mass is 9.87. The molecule has 2 atom stereocenters. The zero-order valence-corrected chi connectivity index (χ0v) is 15.7. The van der Waals surface area contributed by atoms with Gasteiger partial charge in [0.05, 0.1) is 4.90 Å². The smallest absolute Gasteiger partial charge is 0.407 e. The van der Waals surface area contributed by atoms with Crippen LogP contribution >= 0.6 is 0 Å². The Morgan fingerprint density at radius 2 is 1.54 bits per heavy atom. The minimum Gasteiger partial charge on any atom is -0.465 e. The molecule has 0 bridgehead atoms. The average Bonchev–Trinajstić information content (AvgIpc) is 2.45. The molecule has 1 aliphatic rings. The van der Waals surface area contributed by atoms with Gasteiger partial charge in [-0.2, -0.15) is 4.31 Å². The largest absolute Gasteiger partial charge is 0.465 e. The minimum atomic E-state index is -3.66. The summed E-state index contributed by atoms with van der Waals surface area (Å²) in [5.74, 6) is 0. The van der Waals surface area contributed by atoms with Crippen LogP contribution in [-0.2, 0) is 15.4 Å². The van der Waals surface area contributed by atoms with Crippen LogP contribution in [0, 0.1) is 0 Å². The molecule has 0 unspecified atom stereocenters. The highest BCUT2D eigenvalue weighted by Crippen LogP contribution is 2.28. The van der Waals surface area contributed by atoms with Crippen molar-refractivity contribution in [1.29, 1.82) is 0 Å². The van der Waals surface area contributed by atoms with Crippen LogP contribution < -0.4 is 0 Å². The van der Waals surface area contributed by atoms with Gasteiger partial charge in [-0.25, -0.2) is 13.2 Å². The first-order valence-corrected chi connectivity index (χ1v) is 9.50. The molecule has 0 aromatic heterocycles. The molecule has 7 heteroatoms. The van der Waals surface area contributed by atoms with Crippen LogP contribution in [0.2, 0.25) is 0 Å². The van der Waals surface area contributed by atoms with E-state index >= 15 is 0 Å². The van der Waals surface area contributed by atoms with Gasteiger partial charge in [0, 0.05) is 25.2 Å². The van der Waals surface area contributed by atoms with Gasteiger partial charge in [-0.05, 0) is 37.0 Å². The number of carbonyl (C=O) groups is 1. The standard InChI is InChI=1S/C17H26N2O4S/c1-12-10-18(16(20)21)11-13(2)19(12)24(22,23)15-8-6-14(7-9-15)17(3,4)5/h6-9,12-13H,10-11H2,1-5H3,(H,20,21)/t12-,13-/m0/s1. The van der Waals surface area contributed by atoms with Crippen LogP contribution in [0.25, 0.3) is 0 Å². The van der Waals surface area contributed by atoms with Gasteiger partial charge in [0.25, 0.3) is 0 Å². The van der Waals surface area contributed by atoms with Crippen LogP contribution in [0.4, 0.5) is 4.79 Å². The van der Waals surface area contributed by atoms with Crippen molar-refractivity contribution >= 4 is 16.1 Å². The number of carboxylic acid groups (broad SMARTS) is 1. The topological polar surface area (TPSA) is 77.9 Å². The summed E-state index contributed by atoms with van der Waals surface area (Å²) < 4.78 is 27.4. The predicted octanol–water partition coefficient (Wildman–Crippen LogP) is 2.75. The van der Waals surface area contributed by atoms with E-state index in [-0.39, 0.29) is 23.4 Å². The molecule has 2 rings (SSSR count). The van der Waals surface area contributed by atoms with Gasteiger partial charge in [0.2, 0.25) is 10.0 Å². The first-order chi connectivity index (χ1) is 10.9. The fraction of sp³-hybridized carbons (Fsp3) is 0.588. The van der Waals surface area contributed by atoms with Crippen molar-refractivity contribution in [2.75, 3.05) is 13.1 Å². The number of nitrogens with zero attached hydrogens (tertiary/aromatic N) is 2. The zero-order chi connectivity index (χ0) is 18.3. The SMILES string of the molecule is C[C@H]1CN(C(=O)O)C[C@H](C)N1S(=O)(=O)c1ccc(C(C)(C)C)cc1. The molecular weight excluding hydrogens is 328 g/mol. The first-order valence-electron chi connectivity index (χ1n) is 8.06. The van der Waals surface area contributed by atoms with Crippen LogP contribution in [0.5, 0.6) is 0 Å². The summed E-state index contributed by atoms with van der Waals surface area (Å²) in [6.45, 7) is 10.1. The molecule has 1 aromatic carbocycles. The molecule has 24 heavy (non-hydrogen) atoms. The second-order valence-corrected chi connectivity index (χ2v) is 9.34. The number of sulfonamides is 1. The monoisotopic (exact) mass is 354 g/mol. The molecule has 6 nitrogen and oxygen atoms in total. The molecule has 1 amide bonds. The Kier molecular flexibility index (Phi) is 4.97. The third-order valence-electron chi connectivity index (χ3n) is 4.40. The molecule has 134 valence electrons. The van der Waals surface area contributed by atoms with Crippen LogP contribution in [0.1, 0.15) is 40.2 Å². The van der Waals surface area contributed by atoms with Gasteiger partial charge in [-0.3, -0.25) is 0 Å². The van der Waals surface area contributed by atoms with E-state index in [0.29, 0.717) is 0 Å². The van der Waals surface area contributed by atoms with Gasteiger partial charge in [0.15, 0.2) is 0 Å². The highest BCUT2D eigenvalue weighted by atomic mass is 32.2. The molecule has 1 heterocycles. The molecule has 1 N–H and O–H groups in total. The van der Waals surface area contributed by atoms with Gasteiger partial charge in [0.1, 0.15) is 0 Å². The van der Waals surface area contributed by atoms with E-state index in [1.54, 1.807) is 26.0 Å². The van der Waals surface area contributed by atoms with E-state index in [9.17, 15) is 13.2 Å². The summed E-state index contributed by atoms with van der Waals surface area (Å²) in [5, 5.41) is 9.14. The predicted molar refractivity (Wildman–Crippen MR) is 92.7 cm³/mol. The quantitative estimate of drug-likeness (QED) is 0.886. The van der Waals surface area contributed by atoms with Gasteiger partial charge < -0.3 is 10.0 Å². The van der Waals surface area contributed by atoms with E-state index in [4.69, 9.17) is 5.11 Å². The summed E-state index contributed by atoms with van der Waals surface area (Å²) in [7, 11) is -3.66. The molecule has 0 aliphatic carbocycles. The van der Waals surface area contributed by atoms with Crippen LogP contribution in [0.3, 0.4) is 0 Å². The summed E-state index contributed by atoms with van der Waals surface area (Å²) in [4.78, 5) is 12.7.